The molecule has 2 aromatic rings. The largest absolute Gasteiger partial charge is 0.483 e. The van der Waals surface area contributed by atoms with Crippen LogP contribution >= 0.6 is 11.3 Å². The molecular formula is C18H22N2O4S2. The Balaban J connectivity index is 1.56. The number of para-hydroxylation sites is 1. The van der Waals surface area contributed by atoms with Gasteiger partial charge in [-0.25, -0.2) is 8.42 Å². The third-order valence-electron chi connectivity index (χ3n) is 4.43. The highest BCUT2D eigenvalue weighted by molar-refractivity contribution is 7.91. The molecule has 1 amide bonds. The zero-order valence-corrected chi connectivity index (χ0v) is 16.5. The monoisotopic (exact) mass is 394 g/mol. The molecule has 0 N–H and O–H groups in total. The lowest BCUT2D eigenvalue weighted by atomic mass is 10.1. The Labute approximate surface area is 158 Å². The molecule has 1 saturated heterocycles. The van der Waals surface area contributed by atoms with Crippen LogP contribution in [0.4, 0.5) is 0 Å². The van der Waals surface area contributed by atoms with E-state index in [1.807, 2.05) is 32.0 Å². The number of rotatable bonds is 5. The fourth-order valence-electron chi connectivity index (χ4n) is 2.97. The number of amides is 1. The molecule has 6 nitrogen and oxygen atoms in total. The second kappa shape index (κ2) is 7.77. The number of aryl methyl sites for hydroxylation is 2. The van der Waals surface area contributed by atoms with Gasteiger partial charge in [-0.3, -0.25) is 4.79 Å². The molecule has 1 aliphatic rings. The van der Waals surface area contributed by atoms with Crippen molar-refractivity contribution in [2.45, 2.75) is 18.1 Å². The summed E-state index contributed by atoms with van der Waals surface area (Å²) in [6.45, 7) is 5.20. The fraction of sp³-hybridized carbons (Fsp3) is 0.389. The molecule has 140 valence electrons. The minimum Gasteiger partial charge on any atom is -0.483 e. The van der Waals surface area contributed by atoms with E-state index in [1.165, 1.54) is 15.6 Å². The van der Waals surface area contributed by atoms with Gasteiger partial charge in [0, 0.05) is 26.2 Å². The molecule has 1 aromatic carbocycles. The van der Waals surface area contributed by atoms with Crippen molar-refractivity contribution in [3.8, 4) is 5.75 Å². The quantitative estimate of drug-likeness (QED) is 0.780. The first-order chi connectivity index (χ1) is 12.4. The first kappa shape index (κ1) is 18.9. The van der Waals surface area contributed by atoms with Gasteiger partial charge in [0.2, 0.25) is 0 Å². The maximum atomic E-state index is 12.5. The molecule has 2 heterocycles. The first-order valence-electron chi connectivity index (χ1n) is 8.40. The third kappa shape index (κ3) is 3.92. The number of thiophene rings is 1. The van der Waals surface area contributed by atoms with Crippen LogP contribution in [-0.4, -0.2) is 56.3 Å². The highest BCUT2D eigenvalue weighted by atomic mass is 32.2. The molecule has 8 heteroatoms. The van der Waals surface area contributed by atoms with Crippen molar-refractivity contribution in [3.63, 3.8) is 0 Å². The van der Waals surface area contributed by atoms with Gasteiger partial charge in [0.1, 0.15) is 9.96 Å². The number of hydrogen-bond donors (Lipinski definition) is 0. The van der Waals surface area contributed by atoms with Crippen molar-refractivity contribution < 1.29 is 17.9 Å². The molecule has 0 radical (unpaired) electrons. The lowest BCUT2D eigenvalue weighted by Gasteiger charge is -2.33. The van der Waals surface area contributed by atoms with Crippen molar-refractivity contribution in [1.82, 2.24) is 9.21 Å². The van der Waals surface area contributed by atoms with Gasteiger partial charge in [-0.2, -0.15) is 4.31 Å². The second-order valence-corrected chi connectivity index (χ2v) is 9.34. The van der Waals surface area contributed by atoms with Crippen molar-refractivity contribution in [2.75, 3.05) is 32.8 Å². The number of benzene rings is 1. The van der Waals surface area contributed by atoms with E-state index in [0.717, 1.165) is 16.9 Å². The van der Waals surface area contributed by atoms with Gasteiger partial charge in [-0.05, 0) is 36.4 Å². The average Bonchev–Trinajstić information content (AvgIpc) is 3.17. The number of carbonyl (C=O) groups is 1. The number of sulfonamides is 1. The van der Waals surface area contributed by atoms with Crippen LogP contribution in [0.15, 0.2) is 39.9 Å². The van der Waals surface area contributed by atoms with E-state index in [9.17, 15) is 13.2 Å². The van der Waals surface area contributed by atoms with Crippen LogP contribution in [0.5, 0.6) is 5.75 Å². The summed E-state index contributed by atoms with van der Waals surface area (Å²) >= 11 is 1.21. The molecule has 1 fully saturated rings. The fourth-order valence-corrected chi connectivity index (χ4v) is 5.53. The van der Waals surface area contributed by atoms with Gasteiger partial charge >= 0.3 is 0 Å². The minimum absolute atomic E-state index is 0.0383. The summed E-state index contributed by atoms with van der Waals surface area (Å²) in [6.07, 6.45) is 0. The Bertz CT molecular complexity index is 850. The Hall–Kier alpha value is -1.90. The molecule has 0 bridgehead atoms. The van der Waals surface area contributed by atoms with Gasteiger partial charge in [0.05, 0.1) is 0 Å². The van der Waals surface area contributed by atoms with Gasteiger partial charge in [0.25, 0.3) is 15.9 Å². The molecule has 0 atom stereocenters. The van der Waals surface area contributed by atoms with Crippen LogP contribution in [0, 0.1) is 13.8 Å². The maximum Gasteiger partial charge on any atom is 0.260 e. The van der Waals surface area contributed by atoms with E-state index >= 15 is 0 Å². The predicted molar refractivity (Wildman–Crippen MR) is 101 cm³/mol. The van der Waals surface area contributed by atoms with Crippen molar-refractivity contribution in [3.05, 3.63) is 46.8 Å². The van der Waals surface area contributed by atoms with Crippen LogP contribution in [0.2, 0.25) is 0 Å². The number of ether oxygens (including phenoxy) is 1. The van der Waals surface area contributed by atoms with Crippen LogP contribution in [0.25, 0.3) is 0 Å². The van der Waals surface area contributed by atoms with Gasteiger partial charge in [0.15, 0.2) is 6.61 Å². The molecule has 3 rings (SSSR count). The van der Waals surface area contributed by atoms with Crippen molar-refractivity contribution in [1.29, 1.82) is 0 Å². The van der Waals surface area contributed by atoms with E-state index in [1.54, 1.807) is 22.4 Å². The highest BCUT2D eigenvalue weighted by Gasteiger charge is 2.30. The van der Waals surface area contributed by atoms with E-state index in [-0.39, 0.29) is 12.5 Å². The van der Waals surface area contributed by atoms with E-state index in [2.05, 4.69) is 0 Å². The van der Waals surface area contributed by atoms with E-state index in [4.69, 9.17) is 4.74 Å². The first-order valence-corrected chi connectivity index (χ1v) is 10.7. The Morgan fingerprint density at radius 3 is 2.31 bits per heavy atom. The third-order valence-corrected chi connectivity index (χ3v) is 7.70. The smallest absolute Gasteiger partial charge is 0.260 e. The van der Waals surface area contributed by atoms with Gasteiger partial charge < -0.3 is 9.64 Å². The molecule has 26 heavy (non-hydrogen) atoms. The number of nitrogens with zero attached hydrogens (tertiary/aromatic N) is 2. The molecule has 0 saturated carbocycles. The number of hydrogen-bond acceptors (Lipinski definition) is 5. The highest BCUT2D eigenvalue weighted by Crippen LogP contribution is 2.23. The summed E-state index contributed by atoms with van der Waals surface area (Å²) in [7, 11) is -3.45. The normalized spacial score (nSPS) is 15.8. The zero-order valence-electron chi connectivity index (χ0n) is 14.8. The van der Waals surface area contributed by atoms with Crippen molar-refractivity contribution in [2.24, 2.45) is 0 Å². The second-order valence-electron chi connectivity index (χ2n) is 6.23. The van der Waals surface area contributed by atoms with Crippen LogP contribution in [0.3, 0.4) is 0 Å². The number of carbonyl (C=O) groups excluding carboxylic acids is 1. The van der Waals surface area contributed by atoms with E-state index < -0.39 is 10.0 Å². The Kier molecular flexibility index (Phi) is 5.64. The van der Waals surface area contributed by atoms with Crippen molar-refractivity contribution >= 4 is 27.3 Å². The summed E-state index contributed by atoms with van der Waals surface area (Å²) in [6, 6.07) is 9.17. The molecule has 1 aromatic heterocycles. The minimum atomic E-state index is -3.45. The summed E-state index contributed by atoms with van der Waals surface area (Å²) in [4.78, 5) is 14.1. The molecule has 1 aliphatic heterocycles. The SMILES string of the molecule is Cc1cccc(C)c1OCC(=O)N1CCN(S(=O)(=O)c2cccs2)CC1. The summed E-state index contributed by atoms with van der Waals surface area (Å²) in [5.74, 6) is 0.612. The summed E-state index contributed by atoms with van der Waals surface area (Å²) < 4.78 is 32.5. The number of piperazine rings is 1. The lowest BCUT2D eigenvalue weighted by Crippen LogP contribution is -2.51. The molecule has 0 aliphatic carbocycles. The topological polar surface area (TPSA) is 66.9 Å². The maximum absolute atomic E-state index is 12.5. The molecule has 0 unspecified atom stereocenters. The lowest BCUT2D eigenvalue weighted by molar-refractivity contribution is -0.134. The van der Waals surface area contributed by atoms with Crippen LogP contribution in [0.1, 0.15) is 11.1 Å². The standard InChI is InChI=1S/C18H22N2O4S2/c1-14-5-3-6-15(2)18(14)24-13-16(21)19-8-10-20(11-9-19)26(22,23)17-7-4-12-25-17/h3-7,12H,8-11,13H2,1-2H3. The van der Waals surface area contributed by atoms with Gasteiger partial charge in [-0.15, -0.1) is 11.3 Å². The average molecular weight is 395 g/mol. The van der Waals surface area contributed by atoms with Crippen LogP contribution < -0.4 is 4.74 Å². The predicted octanol–water partition coefficient (Wildman–Crippen LogP) is 2.28. The summed E-state index contributed by atoms with van der Waals surface area (Å²) in [5.41, 5.74) is 1.98. The van der Waals surface area contributed by atoms with Gasteiger partial charge in [-0.1, -0.05) is 24.3 Å². The zero-order chi connectivity index (χ0) is 18.7. The summed E-state index contributed by atoms with van der Waals surface area (Å²) in [5, 5.41) is 1.75. The van der Waals surface area contributed by atoms with E-state index in [0.29, 0.717) is 30.4 Å². The molecule has 0 spiro atoms. The Morgan fingerprint density at radius 1 is 1.08 bits per heavy atom. The Morgan fingerprint density at radius 2 is 1.73 bits per heavy atom. The molecular weight excluding hydrogens is 372 g/mol. The van der Waals surface area contributed by atoms with Crippen LogP contribution in [-0.2, 0) is 14.8 Å².